The van der Waals surface area contributed by atoms with Crippen LogP contribution in [0.25, 0.3) is 0 Å². The standard InChI is InChI=1S/C32H60N2O11/c1-5-6-7-8-9-10-11-12-13-14-15-16-17-18-19-41-20-22-23(36)27(29(34-21(2)35)32(3,4)44-22)42-31-25(38)24(37)26(45-33)28(43-31)30(39)40/h22-29,31,36-38H,5-20,33H2,1-4H3,(H,34,35)(H,39,40)/t22-,23?,24+,25-,26?,27+,28+,29-,31-/m0/s1. The van der Waals surface area contributed by atoms with Crippen LogP contribution in [-0.2, 0) is 33.4 Å². The third kappa shape index (κ3) is 13.0. The number of amides is 1. The Morgan fingerprint density at radius 3 is 1.84 bits per heavy atom. The first-order valence-electron chi connectivity index (χ1n) is 16.9. The molecule has 45 heavy (non-hydrogen) atoms. The Bertz CT molecular complexity index is 848. The summed E-state index contributed by atoms with van der Waals surface area (Å²) in [5.41, 5.74) is -1.06. The minimum Gasteiger partial charge on any atom is -0.479 e. The highest BCUT2D eigenvalue weighted by Crippen LogP contribution is 2.34. The van der Waals surface area contributed by atoms with Gasteiger partial charge in [-0.15, -0.1) is 0 Å². The van der Waals surface area contributed by atoms with Gasteiger partial charge in [0.1, 0.15) is 36.6 Å². The molecular formula is C32H60N2O11. The average Bonchev–Trinajstić information content (AvgIpc) is 2.98. The van der Waals surface area contributed by atoms with Crippen molar-refractivity contribution in [3.05, 3.63) is 0 Å². The van der Waals surface area contributed by atoms with Gasteiger partial charge in [-0.3, -0.25) is 9.63 Å². The summed E-state index contributed by atoms with van der Waals surface area (Å²) in [6.07, 6.45) is 5.64. The van der Waals surface area contributed by atoms with Crippen molar-refractivity contribution < 1.29 is 53.8 Å². The molecule has 2 aliphatic rings. The third-order valence-electron chi connectivity index (χ3n) is 8.77. The average molecular weight is 649 g/mol. The summed E-state index contributed by atoms with van der Waals surface area (Å²) < 4.78 is 23.3. The van der Waals surface area contributed by atoms with E-state index >= 15 is 0 Å². The molecule has 0 aliphatic carbocycles. The molecule has 7 N–H and O–H groups in total. The van der Waals surface area contributed by atoms with Gasteiger partial charge in [-0.2, -0.15) is 0 Å². The maximum Gasteiger partial charge on any atom is 0.335 e. The first-order chi connectivity index (χ1) is 21.4. The summed E-state index contributed by atoms with van der Waals surface area (Å²) >= 11 is 0. The van der Waals surface area contributed by atoms with Crippen LogP contribution in [-0.4, -0.2) is 106 Å². The number of aliphatic hydroxyl groups is 3. The van der Waals surface area contributed by atoms with Gasteiger partial charge in [-0.1, -0.05) is 90.4 Å². The number of nitrogens with one attached hydrogen (secondary N) is 1. The lowest BCUT2D eigenvalue weighted by Crippen LogP contribution is -2.70. The van der Waals surface area contributed by atoms with Gasteiger partial charge in [0.15, 0.2) is 12.4 Å². The van der Waals surface area contributed by atoms with Crippen LogP contribution in [0.15, 0.2) is 0 Å². The molecule has 2 rings (SSSR count). The molecule has 0 aromatic heterocycles. The summed E-state index contributed by atoms with van der Waals surface area (Å²) in [6.45, 7) is 7.50. The normalized spacial score (nSPS) is 31.5. The lowest BCUT2D eigenvalue weighted by atomic mass is 9.84. The number of rotatable bonds is 22. The van der Waals surface area contributed by atoms with Crippen molar-refractivity contribution in [2.75, 3.05) is 13.2 Å². The zero-order chi connectivity index (χ0) is 33.4. The SMILES string of the molecule is CCCCCCCCCCCCCCCCOC[C@@H]1OC(C)(C)[C@@H](NC(C)=O)[C@H](O[C@H]2O[C@@H](C(=O)O)C(ON)[C@H](O)[C@@H]2O)C1O. The van der Waals surface area contributed by atoms with Crippen LogP contribution in [0, 0.1) is 0 Å². The van der Waals surface area contributed by atoms with Crippen LogP contribution in [0.5, 0.6) is 0 Å². The first-order valence-corrected chi connectivity index (χ1v) is 16.9. The molecule has 0 aromatic rings. The molecule has 2 fully saturated rings. The summed E-state index contributed by atoms with van der Waals surface area (Å²) in [5.74, 6) is 3.21. The van der Waals surface area contributed by atoms with E-state index in [-0.39, 0.29) is 6.61 Å². The van der Waals surface area contributed by atoms with Crippen molar-refractivity contribution in [2.45, 2.75) is 178 Å². The Hall–Kier alpha value is -1.42. The van der Waals surface area contributed by atoms with Crippen molar-refractivity contribution in [3.8, 4) is 0 Å². The van der Waals surface area contributed by atoms with Crippen molar-refractivity contribution in [1.82, 2.24) is 5.32 Å². The second-order valence-corrected chi connectivity index (χ2v) is 13.0. The molecule has 0 bridgehead atoms. The Morgan fingerprint density at radius 2 is 1.36 bits per heavy atom. The van der Waals surface area contributed by atoms with Gasteiger partial charge in [0.05, 0.1) is 18.2 Å². The van der Waals surface area contributed by atoms with E-state index in [2.05, 4.69) is 17.1 Å². The van der Waals surface area contributed by atoms with Gasteiger partial charge in [-0.25, -0.2) is 10.7 Å². The number of carbonyl (C=O) groups is 2. The number of nitrogens with two attached hydrogens (primary N) is 1. The molecule has 9 atom stereocenters. The van der Waals surface area contributed by atoms with E-state index in [9.17, 15) is 30.0 Å². The van der Waals surface area contributed by atoms with Crippen LogP contribution in [0.3, 0.4) is 0 Å². The fourth-order valence-electron chi connectivity index (χ4n) is 6.16. The molecule has 2 unspecified atom stereocenters. The van der Waals surface area contributed by atoms with E-state index in [0.29, 0.717) is 6.61 Å². The summed E-state index contributed by atoms with van der Waals surface area (Å²) in [4.78, 5) is 28.3. The molecule has 2 saturated heterocycles. The van der Waals surface area contributed by atoms with Gasteiger partial charge in [0.2, 0.25) is 5.91 Å². The van der Waals surface area contributed by atoms with Gasteiger partial charge >= 0.3 is 5.97 Å². The van der Waals surface area contributed by atoms with Crippen LogP contribution < -0.4 is 11.2 Å². The minimum atomic E-state index is -1.76. The lowest BCUT2D eigenvalue weighted by molar-refractivity contribution is -0.336. The summed E-state index contributed by atoms with van der Waals surface area (Å²) in [6, 6.07) is -0.924. The quantitative estimate of drug-likeness (QED) is 0.0742. The van der Waals surface area contributed by atoms with Crippen LogP contribution in [0.1, 0.15) is 118 Å². The molecule has 1 amide bonds. The van der Waals surface area contributed by atoms with Crippen LogP contribution >= 0.6 is 0 Å². The molecule has 2 heterocycles. The van der Waals surface area contributed by atoms with Gasteiger partial charge in [-0.05, 0) is 20.3 Å². The number of carboxylic acids is 1. The van der Waals surface area contributed by atoms with Gasteiger partial charge in [0, 0.05) is 13.5 Å². The van der Waals surface area contributed by atoms with Crippen molar-refractivity contribution in [1.29, 1.82) is 0 Å². The maximum atomic E-state index is 12.0. The molecule has 2 aliphatic heterocycles. The Balaban J connectivity index is 1.81. The summed E-state index contributed by atoms with van der Waals surface area (Å²) in [7, 11) is 0. The number of aliphatic carboxylic acids is 1. The van der Waals surface area contributed by atoms with E-state index in [0.717, 1.165) is 19.3 Å². The predicted octanol–water partition coefficient (Wildman–Crippen LogP) is 2.70. The smallest absolute Gasteiger partial charge is 0.335 e. The zero-order valence-corrected chi connectivity index (χ0v) is 27.7. The van der Waals surface area contributed by atoms with E-state index < -0.39 is 72.5 Å². The van der Waals surface area contributed by atoms with E-state index in [1.54, 1.807) is 13.8 Å². The Kier molecular flexibility index (Phi) is 18.3. The van der Waals surface area contributed by atoms with Crippen molar-refractivity contribution in [2.24, 2.45) is 5.90 Å². The van der Waals surface area contributed by atoms with E-state index in [4.69, 9.17) is 24.8 Å². The van der Waals surface area contributed by atoms with Gasteiger partial charge in [0.25, 0.3) is 0 Å². The molecule has 13 heteroatoms. The molecule has 264 valence electrons. The molecule has 0 aromatic carbocycles. The third-order valence-corrected chi connectivity index (χ3v) is 8.77. The van der Waals surface area contributed by atoms with Crippen molar-refractivity contribution in [3.63, 3.8) is 0 Å². The predicted molar refractivity (Wildman–Crippen MR) is 166 cm³/mol. The van der Waals surface area contributed by atoms with Crippen molar-refractivity contribution >= 4 is 11.9 Å². The Labute approximate surface area is 268 Å². The fraction of sp³-hybridized carbons (Fsp3) is 0.938. The summed E-state index contributed by atoms with van der Waals surface area (Å²) in [5, 5.41) is 44.6. The number of ether oxygens (including phenoxy) is 4. The van der Waals surface area contributed by atoms with Crippen LogP contribution in [0.4, 0.5) is 0 Å². The Morgan fingerprint density at radius 1 is 0.822 bits per heavy atom. The topological polar surface area (TPSA) is 199 Å². The highest BCUT2D eigenvalue weighted by molar-refractivity contribution is 5.74. The molecular weight excluding hydrogens is 588 g/mol. The number of hydrogen-bond donors (Lipinski definition) is 6. The minimum absolute atomic E-state index is 0.0488. The number of carbonyl (C=O) groups excluding carboxylic acids is 1. The highest BCUT2D eigenvalue weighted by atomic mass is 16.7. The molecule has 13 nitrogen and oxygen atoms in total. The van der Waals surface area contributed by atoms with Gasteiger partial charge < -0.3 is 44.7 Å². The second kappa shape index (κ2) is 20.7. The largest absolute Gasteiger partial charge is 0.479 e. The fourth-order valence-corrected chi connectivity index (χ4v) is 6.16. The maximum absolute atomic E-state index is 12.0. The van der Waals surface area contributed by atoms with E-state index in [1.165, 1.54) is 77.6 Å². The molecule has 0 saturated carbocycles. The zero-order valence-electron chi connectivity index (χ0n) is 27.7. The van der Waals surface area contributed by atoms with Crippen LogP contribution in [0.2, 0.25) is 0 Å². The lowest BCUT2D eigenvalue weighted by Gasteiger charge is -2.51. The monoisotopic (exact) mass is 648 g/mol. The number of carboxylic acid groups (broad SMARTS) is 1. The number of unbranched alkanes of at least 4 members (excludes halogenated alkanes) is 13. The number of hydrogen-bond acceptors (Lipinski definition) is 11. The molecule has 0 spiro atoms. The van der Waals surface area contributed by atoms with E-state index in [1.807, 2.05) is 0 Å². The highest BCUT2D eigenvalue weighted by Gasteiger charge is 2.55. The number of aliphatic hydroxyl groups excluding tert-OH is 3. The second-order valence-electron chi connectivity index (χ2n) is 13.0. The molecule has 0 radical (unpaired) electrons. The first kappa shape index (κ1) is 39.8.